The lowest BCUT2D eigenvalue weighted by Gasteiger charge is -2.35. The van der Waals surface area contributed by atoms with Gasteiger partial charge in [-0.05, 0) is 37.8 Å². The van der Waals surface area contributed by atoms with Gasteiger partial charge in [0.25, 0.3) is 0 Å². The van der Waals surface area contributed by atoms with Gasteiger partial charge in [0.15, 0.2) is 5.82 Å². The van der Waals surface area contributed by atoms with Crippen molar-refractivity contribution in [3.8, 4) is 0 Å². The molecule has 2 fully saturated rings. The maximum atomic E-state index is 12.7. The summed E-state index contributed by atoms with van der Waals surface area (Å²) in [6.07, 6.45) is 10.3. The number of aromatic nitrogens is 2. The summed E-state index contributed by atoms with van der Waals surface area (Å²) in [5, 5.41) is 4.59. The average Bonchev–Trinajstić information content (AvgIpc) is 3.23. The van der Waals surface area contributed by atoms with E-state index in [1.54, 1.807) is 4.90 Å². The zero-order chi connectivity index (χ0) is 24.0. The molecule has 0 aromatic carbocycles. The monoisotopic (exact) mass is 496 g/mol. The Labute approximate surface area is 201 Å². The second-order valence-corrected chi connectivity index (χ2v) is 10.6. The minimum Gasteiger partial charge on any atom is -0.370 e. The third-order valence-electron chi connectivity index (χ3n) is 5.79. The van der Waals surface area contributed by atoms with Gasteiger partial charge < -0.3 is 9.80 Å². The highest BCUT2D eigenvalue weighted by Gasteiger charge is 2.24. The molecule has 3 rings (SSSR count). The Morgan fingerprint density at radius 1 is 1.15 bits per heavy atom. The number of carbonyl (C=O) groups excluding carboxylic acids is 1. The Kier molecular flexibility index (Phi) is 8.61. The molecule has 0 radical (unpaired) electrons. The van der Waals surface area contributed by atoms with Gasteiger partial charge >= 0.3 is 6.03 Å². The summed E-state index contributed by atoms with van der Waals surface area (Å²) in [6, 6.07) is 1.19. The number of nitrogens with zero attached hydrogens (tertiary/aromatic N) is 5. The molecule has 182 valence electrons. The van der Waals surface area contributed by atoms with Crippen molar-refractivity contribution < 1.29 is 13.2 Å². The SMILES string of the molecule is C=C(Cl)/C(=C\C(=C/C)CN1CCN(C(=O)n2ccc(NS(C)(=O)=O)n2)CC1)N1CCCCC1. The van der Waals surface area contributed by atoms with Crippen LogP contribution in [0, 0.1) is 0 Å². The number of halogens is 1. The Morgan fingerprint density at radius 3 is 2.39 bits per heavy atom. The van der Waals surface area contributed by atoms with E-state index in [-0.39, 0.29) is 11.8 Å². The standard InChI is InChI=1S/C22H33ClN6O3S/c1-4-19(16-20(18(2)23)27-9-6-5-7-10-27)17-26-12-14-28(15-13-26)22(30)29-11-8-21(24-29)25-33(3,31)32/h4,8,11,16H,2,5-7,9-10,12-15,17H2,1,3H3,(H,24,25)/b19-4+,20-16+. The molecule has 1 aromatic rings. The van der Waals surface area contributed by atoms with Gasteiger partial charge in [0.1, 0.15) is 0 Å². The van der Waals surface area contributed by atoms with Gasteiger partial charge in [-0.1, -0.05) is 24.3 Å². The van der Waals surface area contributed by atoms with Crippen molar-refractivity contribution in [2.24, 2.45) is 0 Å². The summed E-state index contributed by atoms with van der Waals surface area (Å²) in [5.41, 5.74) is 2.16. The summed E-state index contributed by atoms with van der Waals surface area (Å²) in [4.78, 5) is 19.1. The Bertz CT molecular complexity index is 1020. The molecule has 2 saturated heterocycles. The van der Waals surface area contributed by atoms with Crippen molar-refractivity contribution in [3.63, 3.8) is 0 Å². The summed E-state index contributed by atoms with van der Waals surface area (Å²) < 4.78 is 26.1. The summed E-state index contributed by atoms with van der Waals surface area (Å²) in [7, 11) is -3.44. The minimum atomic E-state index is -3.44. The van der Waals surface area contributed by atoms with E-state index in [2.05, 4.69) is 38.4 Å². The molecular formula is C22H33ClN6O3S. The first-order valence-corrected chi connectivity index (χ1v) is 13.4. The molecule has 33 heavy (non-hydrogen) atoms. The number of likely N-dealkylation sites (tertiary alicyclic amines) is 1. The number of amides is 1. The zero-order valence-corrected chi connectivity index (χ0v) is 20.9. The highest BCUT2D eigenvalue weighted by molar-refractivity contribution is 7.92. The van der Waals surface area contributed by atoms with Crippen LogP contribution in [0.3, 0.4) is 0 Å². The van der Waals surface area contributed by atoms with Gasteiger partial charge in [0.2, 0.25) is 10.0 Å². The zero-order valence-electron chi connectivity index (χ0n) is 19.3. The predicted molar refractivity (Wildman–Crippen MR) is 132 cm³/mol. The third-order valence-corrected chi connectivity index (χ3v) is 6.57. The van der Waals surface area contributed by atoms with Gasteiger partial charge in [-0.15, -0.1) is 5.10 Å². The van der Waals surface area contributed by atoms with E-state index < -0.39 is 10.0 Å². The molecule has 0 spiro atoms. The van der Waals surface area contributed by atoms with E-state index in [0.717, 1.165) is 44.7 Å². The summed E-state index contributed by atoms with van der Waals surface area (Å²) >= 11 is 6.33. The van der Waals surface area contributed by atoms with E-state index >= 15 is 0 Å². The molecule has 1 N–H and O–H groups in total. The Balaban J connectivity index is 1.56. The number of rotatable bonds is 7. The number of allylic oxidation sites excluding steroid dienone is 2. The van der Waals surface area contributed by atoms with Crippen molar-refractivity contribution in [2.45, 2.75) is 26.2 Å². The van der Waals surface area contributed by atoms with Crippen LogP contribution in [0.1, 0.15) is 26.2 Å². The van der Waals surface area contributed by atoms with Gasteiger partial charge in [-0.2, -0.15) is 4.68 Å². The van der Waals surface area contributed by atoms with E-state index in [4.69, 9.17) is 11.6 Å². The second kappa shape index (κ2) is 11.2. The van der Waals surface area contributed by atoms with Gasteiger partial charge in [0.05, 0.1) is 17.0 Å². The minimum absolute atomic E-state index is 0.124. The van der Waals surface area contributed by atoms with Crippen LogP contribution in [0.5, 0.6) is 0 Å². The molecule has 1 amide bonds. The number of piperidine rings is 1. The van der Waals surface area contributed by atoms with Gasteiger partial charge in [0, 0.05) is 58.1 Å². The summed E-state index contributed by atoms with van der Waals surface area (Å²) in [6.45, 7) is 11.4. The van der Waals surface area contributed by atoms with Crippen molar-refractivity contribution in [3.05, 3.63) is 47.3 Å². The molecular weight excluding hydrogens is 464 g/mol. The lowest BCUT2D eigenvalue weighted by atomic mass is 10.1. The summed E-state index contributed by atoms with van der Waals surface area (Å²) in [5.74, 6) is 0.124. The number of sulfonamides is 1. The average molecular weight is 497 g/mol. The number of nitrogens with one attached hydrogen (secondary N) is 1. The van der Waals surface area contributed by atoms with E-state index in [1.807, 2.05) is 6.92 Å². The molecule has 0 unspecified atom stereocenters. The molecule has 2 aliphatic heterocycles. The number of carbonyl (C=O) groups is 1. The fourth-order valence-corrected chi connectivity index (χ4v) is 4.71. The maximum absolute atomic E-state index is 12.7. The second-order valence-electron chi connectivity index (χ2n) is 8.41. The van der Waals surface area contributed by atoms with E-state index in [9.17, 15) is 13.2 Å². The molecule has 0 atom stereocenters. The lowest BCUT2D eigenvalue weighted by Crippen LogP contribution is -2.50. The number of hydrogen-bond acceptors (Lipinski definition) is 6. The van der Waals surface area contributed by atoms with Crippen molar-refractivity contribution >= 4 is 33.5 Å². The quantitative estimate of drug-likeness (QED) is 0.584. The number of anilines is 1. The van der Waals surface area contributed by atoms with Crippen LogP contribution in [0.25, 0.3) is 0 Å². The normalized spacial score (nSPS) is 19.0. The first-order valence-electron chi connectivity index (χ1n) is 11.2. The molecule has 11 heteroatoms. The molecule has 0 saturated carbocycles. The predicted octanol–water partition coefficient (Wildman–Crippen LogP) is 2.91. The molecule has 9 nitrogen and oxygen atoms in total. The number of piperazine rings is 1. The van der Waals surface area contributed by atoms with Gasteiger partial charge in [-0.3, -0.25) is 9.62 Å². The highest BCUT2D eigenvalue weighted by Crippen LogP contribution is 2.24. The topological polar surface area (TPSA) is 90.8 Å². The molecule has 1 aromatic heterocycles. The van der Waals surface area contributed by atoms with Crippen LogP contribution in [-0.4, -0.2) is 91.0 Å². The van der Waals surface area contributed by atoms with Crippen molar-refractivity contribution in [1.82, 2.24) is 24.5 Å². The Hall–Kier alpha value is -2.30. The third kappa shape index (κ3) is 7.35. The lowest BCUT2D eigenvalue weighted by molar-refractivity contribution is 0.144. The van der Waals surface area contributed by atoms with E-state index in [1.165, 1.54) is 41.8 Å². The molecule has 0 bridgehead atoms. The van der Waals surface area contributed by atoms with Crippen LogP contribution in [0.4, 0.5) is 10.6 Å². The fraction of sp³-hybridized carbons (Fsp3) is 0.545. The first-order chi connectivity index (χ1) is 15.7. The molecule has 0 aliphatic carbocycles. The molecule has 3 heterocycles. The van der Waals surface area contributed by atoms with Crippen LogP contribution < -0.4 is 4.72 Å². The van der Waals surface area contributed by atoms with E-state index in [0.29, 0.717) is 18.1 Å². The largest absolute Gasteiger partial charge is 0.370 e. The van der Waals surface area contributed by atoms with Crippen LogP contribution in [0.15, 0.2) is 47.3 Å². The molecule has 2 aliphatic rings. The van der Waals surface area contributed by atoms with Crippen LogP contribution >= 0.6 is 11.6 Å². The van der Waals surface area contributed by atoms with Crippen LogP contribution in [-0.2, 0) is 10.0 Å². The van der Waals surface area contributed by atoms with Gasteiger partial charge in [-0.25, -0.2) is 13.2 Å². The number of hydrogen-bond donors (Lipinski definition) is 1. The highest BCUT2D eigenvalue weighted by atomic mass is 35.5. The maximum Gasteiger partial charge on any atom is 0.344 e. The Morgan fingerprint density at radius 2 is 1.82 bits per heavy atom. The van der Waals surface area contributed by atoms with Crippen molar-refractivity contribution in [1.29, 1.82) is 0 Å². The first kappa shape index (κ1) is 25.3. The fourth-order valence-electron chi connectivity index (χ4n) is 4.05. The smallest absolute Gasteiger partial charge is 0.344 e. The van der Waals surface area contributed by atoms with Crippen LogP contribution in [0.2, 0.25) is 0 Å². The van der Waals surface area contributed by atoms with Crippen molar-refractivity contribution in [2.75, 3.05) is 56.8 Å².